The van der Waals surface area contributed by atoms with Crippen molar-refractivity contribution in [2.45, 2.75) is 25.3 Å². The molecule has 5 heteroatoms. The zero-order valence-corrected chi connectivity index (χ0v) is 13.5. The summed E-state index contributed by atoms with van der Waals surface area (Å²) in [5.74, 6) is -0.488. The number of nitrogens with zero attached hydrogens (tertiary/aromatic N) is 1. The van der Waals surface area contributed by atoms with Gasteiger partial charge >= 0.3 is 5.97 Å². The Kier molecular flexibility index (Phi) is 5.56. The van der Waals surface area contributed by atoms with Gasteiger partial charge in [-0.2, -0.15) is 0 Å². The Labute approximate surface area is 132 Å². The molecule has 1 saturated heterocycles. The van der Waals surface area contributed by atoms with Crippen LogP contribution in [0.25, 0.3) is 6.08 Å². The second-order valence-corrected chi connectivity index (χ2v) is 5.78. The number of carbonyl (C=O) groups is 2. The molecule has 1 fully saturated rings. The molecule has 1 unspecified atom stereocenters. The van der Waals surface area contributed by atoms with Crippen LogP contribution in [-0.2, 0) is 14.3 Å². The first kappa shape index (κ1) is 15.8. The average Bonchev–Trinajstić information content (AvgIpc) is 2.53. The Balaban J connectivity index is 2.11. The maximum atomic E-state index is 12.3. The maximum absolute atomic E-state index is 12.3. The smallest absolute Gasteiger partial charge is 0.328 e. The summed E-state index contributed by atoms with van der Waals surface area (Å²) in [6.45, 7) is 0.596. The van der Waals surface area contributed by atoms with E-state index in [-0.39, 0.29) is 11.9 Å². The van der Waals surface area contributed by atoms with Crippen molar-refractivity contribution in [3.63, 3.8) is 0 Å². The minimum atomic E-state index is -0.458. The highest BCUT2D eigenvalue weighted by Gasteiger charge is 2.31. The Morgan fingerprint density at radius 2 is 2.10 bits per heavy atom. The van der Waals surface area contributed by atoms with E-state index in [1.54, 1.807) is 11.0 Å². The first-order valence-electron chi connectivity index (χ1n) is 6.94. The number of methoxy groups -OCH3 is 1. The fraction of sp³-hybridized carbons (Fsp3) is 0.375. The van der Waals surface area contributed by atoms with Crippen LogP contribution in [0.15, 0.2) is 34.8 Å². The molecular weight excluding hydrogens is 334 g/mol. The zero-order valence-electron chi connectivity index (χ0n) is 11.9. The number of esters is 1. The number of amides is 1. The summed E-state index contributed by atoms with van der Waals surface area (Å²) in [7, 11) is 1.36. The highest BCUT2D eigenvalue weighted by Crippen LogP contribution is 2.20. The van der Waals surface area contributed by atoms with E-state index in [2.05, 4.69) is 15.9 Å². The van der Waals surface area contributed by atoms with Crippen LogP contribution in [0, 0.1) is 0 Å². The number of likely N-dealkylation sites (tertiary alicyclic amines) is 1. The zero-order chi connectivity index (χ0) is 15.2. The molecule has 1 atom stereocenters. The topological polar surface area (TPSA) is 46.6 Å². The molecule has 1 amide bonds. The monoisotopic (exact) mass is 351 g/mol. The minimum absolute atomic E-state index is 0.152. The van der Waals surface area contributed by atoms with Crippen molar-refractivity contribution in [1.29, 1.82) is 0 Å². The van der Waals surface area contributed by atoms with Gasteiger partial charge in [-0.1, -0.05) is 34.1 Å². The van der Waals surface area contributed by atoms with E-state index in [0.717, 1.165) is 22.9 Å². The summed E-state index contributed by atoms with van der Waals surface area (Å²) in [4.78, 5) is 25.7. The number of hydrogen-bond donors (Lipinski definition) is 0. The molecule has 1 heterocycles. The molecule has 112 valence electrons. The van der Waals surface area contributed by atoms with E-state index >= 15 is 0 Å². The molecule has 0 spiro atoms. The Morgan fingerprint density at radius 1 is 1.33 bits per heavy atom. The van der Waals surface area contributed by atoms with Crippen molar-refractivity contribution in [2.24, 2.45) is 0 Å². The molecule has 1 aliphatic rings. The fourth-order valence-corrected chi connectivity index (χ4v) is 2.86. The molecule has 2 rings (SSSR count). The molecule has 0 aromatic heterocycles. The van der Waals surface area contributed by atoms with Gasteiger partial charge in [0.1, 0.15) is 6.04 Å². The van der Waals surface area contributed by atoms with Gasteiger partial charge in [0, 0.05) is 17.1 Å². The second-order valence-electron chi connectivity index (χ2n) is 4.92. The number of rotatable bonds is 3. The number of hydrogen-bond acceptors (Lipinski definition) is 3. The summed E-state index contributed by atoms with van der Waals surface area (Å²) < 4.78 is 5.72. The maximum Gasteiger partial charge on any atom is 0.328 e. The van der Waals surface area contributed by atoms with Crippen LogP contribution in [0.5, 0.6) is 0 Å². The van der Waals surface area contributed by atoms with Crippen LogP contribution in [0.3, 0.4) is 0 Å². The first-order valence-corrected chi connectivity index (χ1v) is 7.74. The van der Waals surface area contributed by atoms with Crippen molar-refractivity contribution in [3.8, 4) is 0 Å². The second kappa shape index (κ2) is 7.41. The van der Waals surface area contributed by atoms with Crippen LogP contribution in [0.2, 0.25) is 0 Å². The SMILES string of the molecule is COC(=O)C1CCCCN1C(=O)/C=C/c1ccccc1Br. The van der Waals surface area contributed by atoms with E-state index in [4.69, 9.17) is 4.74 Å². The molecule has 0 N–H and O–H groups in total. The number of halogens is 1. The molecule has 0 saturated carbocycles. The van der Waals surface area contributed by atoms with Crippen LogP contribution in [0.1, 0.15) is 24.8 Å². The van der Waals surface area contributed by atoms with E-state index in [9.17, 15) is 9.59 Å². The third kappa shape index (κ3) is 3.94. The van der Waals surface area contributed by atoms with Gasteiger partial charge < -0.3 is 9.64 Å². The van der Waals surface area contributed by atoms with Gasteiger partial charge in [-0.15, -0.1) is 0 Å². The third-order valence-corrected chi connectivity index (χ3v) is 4.29. The lowest BCUT2D eigenvalue weighted by molar-refractivity contribution is -0.153. The fourth-order valence-electron chi connectivity index (χ4n) is 2.44. The molecule has 1 aromatic carbocycles. The lowest BCUT2D eigenvalue weighted by atomic mass is 10.0. The van der Waals surface area contributed by atoms with Crippen LogP contribution in [-0.4, -0.2) is 36.5 Å². The van der Waals surface area contributed by atoms with Crippen LogP contribution < -0.4 is 0 Å². The number of carbonyl (C=O) groups excluding carboxylic acids is 2. The Hall–Kier alpha value is -1.62. The standard InChI is InChI=1S/C16H18BrNO3/c1-21-16(20)14-8-4-5-11-18(14)15(19)10-9-12-6-2-3-7-13(12)17/h2-3,6-7,9-10,14H,4-5,8,11H2,1H3/b10-9+. The molecule has 4 nitrogen and oxygen atoms in total. The largest absolute Gasteiger partial charge is 0.467 e. The summed E-state index contributed by atoms with van der Waals surface area (Å²) in [5, 5.41) is 0. The summed E-state index contributed by atoms with van der Waals surface area (Å²) >= 11 is 3.44. The predicted octanol–water partition coefficient (Wildman–Crippen LogP) is 3.02. The van der Waals surface area contributed by atoms with Crippen molar-refractivity contribution >= 4 is 33.9 Å². The van der Waals surface area contributed by atoms with Gasteiger partial charge in [-0.3, -0.25) is 4.79 Å². The van der Waals surface area contributed by atoms with Gasteiger partial charge in [0.15, 0.2) is 0 Å². The lowest BCUT2D eigenvalue weighted by Gasteiger charge is -2.32. The molecule has 0 aliphatic carbocycles. The number of benzene rings is 1. The highest BCUT2D eigenvalue weighted by molar-refractivity contribution is 9.10. The highest BCUT2D eigenvalue weighted by atomic mass is 79.9. The van der Waals surface area contributed by atoms with Crippen molar-refractivity contribution in [3.05, 3.63) is 40.4 Å². The minimum Gasteiger partial charge on any atom is -0.467 e. The molecule has 1 aromatic rings. The summed E-state index contributed by atoms with van der Waals surface area (Å²) in [6, 6.07) is 7.21. The number of piperidine rings is 1. The molecule has 1 aliphatic heterocycles. The van der Waals surface area contributed by atoms with E-state index in [1.165, 1.54) is 13.2 Å². The van der Waals surface area contributed by atoms with Crippen LogP contribution >= 0.6 is 15.9 Å². The van der Waals surface area contributed by atoms with E-state index < -0.39 is 6.04 Å². The van der Waals surface area contributed by atoms with Crippen molar-refractivity contribution < 1.29 is 14.3 Å². The van der Waals surface area contributed by atoms with Crippen molar-refractivity contribution in [2.75, 3.05) is 13.7 Å². The van der Waals surface area contributed by atoms with E-state index in [0.29, 0.717) is 13.0 Å². The first-order chi connectivity index (χ1) is 10.1. The Morgan fingerprint density at radius 3 is 2.81 bits per heavy atom. The molecule has 0 bridgehead atoms. The molecule has 0 radical (unpaired) electrons. The Bertz CT molecular complexity index is 556. The van der Waals surface area contributed by atoms with Gasteiger partial charge in [0.25, 0.3) is 0 Å². The van der Waals surface area contributed by atoms with Gasteiger partial charge in [0.2, 0.25) is 5.91 Å². The molecular formula is C16H18BrNO3. The summed E-state index contributed by atoms with van der Waals surface area (Å²) in [6.07, 6.45) is 5.80. The van der Waals surface area contributed by atoms with E-state index in [1.807, 2.05) is 24.3 Å². The summed E-state index contributed by atoms with van der Waals surface area (Å²) in [5.41, 5.74) is 0.928. The van der Waals surface area contributed by atoms with Crippen molar-refractivity contribution in [1.82, 2.24) is 4.90 Å². The van der Waals surface area contributed by atoms with Crippen LogP contribution in [0.4, 0.5) is 0 Å². The van der Waals surface area contributed by atoms with Gasteiger partial charge in [-0.25, -0.2) is 4.79 Å². The quantitative estimate of drug-likeness (QED) is 0.621. The normalized spacial score (nSPS) is 18.8. The number of ether oxygens (including phenoxy) is 1. The average molecular weight is 352 g/mol. The molecule has 21 heavy (non-hydrogen) atoms. The van der Waals surface area contributed by atoms with Gasteiger partial charge in [0.05, 0.1) is 7.11 Å². The predicted molar refractivity (Wildman–Crippen MR) is 84.5 cm³/mol. The lowest BCUT2D eigenvalue weighted by Crippen LogP contribution is -2.47. The third-order valence-electron chi connectivity index (χ3n) is 3.57. The van der Waals surface area contributed by atoms with Gasteiger partial charge in [-0.05, 0) is 37.0 Å².